The lowest BCUT2D eigenvalue weighted by molar-refractivity contribution is -0.120. The second kappa shape index (κ2) is 7.43. The topological polar surface area (TPSA) is 91.1 Å². The maximum Gasteiger partial charge on any atom is 0.224 e. The van der Waals surface area contributed by atoms with Crippen LogP contribution in [0.25, 0.3) is 10.9 Å². The van der Waals surface area contributed by atoms with E-state index in [-0.39, 0.29) is 18.1 Å². The lowest BCUT2D eigenvalue weighted by atomic mass is 10.1. The van der Waals surface area contributed by atoms with Gasteiger partial charge >= 0.3 is 0 Å². The van der Waals surface area contributed by atoms with Crippen molar-refractivity contribution in [1.82, 2.24) is 15.0 Å². The number of hydrogen-bond acceptors (Lipinski definition) is 3. The predicted octanol–water partition coefficient (Wildman–Crippen LogP) is 1.10. The summed E-state index contributed by atoms with van der Waals surface area (Å²) in [7, 11) is -1.82. The highest BCUT2D eigenvalue weighted by atomic mass is 32.2. The number of fused-ring (bicyclic) bond motifs is 1. The fourth-order valence-electron chi connectivity index (χ4n) is 2.30. The number of aryl methyl sites for hydroxylation is 1. The van der Waals surface area contributed by atoms with Crippen LogP contribution >= 0.6 is 0 Å². The molecular weight excluding hydrogens is 314 g/mol. The van der Waals surface area contributed by atoms with Crippen molar-refractivity contribution in [2.75, 3.05) is 19.3 Å². The molecule has 2 rings (SSSR count). The Bertz CT molecular complexity index is 809. The maximum atomic E-state index is 11.8. The van der Waals surface area contributed by atoms with E-state index >= 15 is 0 Å². The Morgan fingerprint density at radius 3 is 2.87 bits per heavy atom. The Balaban J connectivity index is 2.16. The van der Waals surface area contributed by atoms with Gasteiger partial charge in [-0.3, -0.25) is 4.79 Å². The molecule has 0 radical (unpaired) electrons. The van der Waals surface area contributed by atoms with Crippen molar-refractivity contribution in [3.8, 4) is 0 Å². The molecule has 23 heavy (non-hydrogen) atoms. The van der Waals surface area contributed by atoms with Crippen molar-refractivity contribution < 1.29 is 13.2 Å². The summed E-state index contributed by atoms with van der Waals surface area (Å²) in [6.07, 6.45) is 4.14. The van der Waals surface area contributed by atoms with E-state index < -0.39 is 10.0 Å². The third-order valence-electron chi connectivity index (χ3n) is 3.60. The van der Waals surface area contributed by atoms with Crippen LogP contribution in [0.5, 0.6) is 0 Å². The third kappa shape index (κ3) is 4.67. The molecule has 124 valence electrons. The first-order valence-electron chi connectivity index (χ1n) is 7.33. The van der Waals surface area contributed by atoms with E-state index in [0.29, 0.717) is 13.0 Å². The third-order valence-corrected chi connectivity index (χ3v) is 4.96. The number of benzene rings is 1. The van der Waals surface area contributed by atoms with Gasteiger partial charge in [-0.25, -0.2) is 13.1 Å². The first-order valence-corrected chi connectivity index (χ1v) is 8.98. The average molecular weight is 335 g/mol. The number of rotatable bonds is 8. The van der Waals surface area contributed by atoms with Crippen molar-refractivity contribution in [3.05, 3.63) is 48.2 Å². The van der Waals surface area contributed by atoms with Crippen LogP contribution in [-0.2, 0) is 27.7 Å². The van der Waals surface area contributed by atoms with Gasteiger partial charge in [-0.1, -0.05) is 12.1 Å². The van der Waals surface area contributed by atoms with Gasteiger partial charge in [-0.2, -0.15) is 0 Å². The number of sulfonamides is 1. The van der Waals surface area contributed by atoms with Gasteiger partial charge in [0, 0.05) is 23.6 Å². The van der Waals surface area contributed by atoms with Gasteiger partial charge in [-0.15, -0.1) is 6.58 Å². The Labute approximate surface area is 136 Å². The first-order chi connectivity index (χ1) is 10.9. The van der Waals surface area contributed by atoms with Gasteiger partial charge in [0.2, 0.25) is 15.9 Å². The molecule has 0 fully saturated rings. The molecule has 0 bridgehead atoms. The van der Waals surface area contributed by atoms with Crippen LogP contribution in [0.3, 0.4) is 0 Å². The zero-order chi connectivity index (χ0) is 16.9. The Morgan fingerprint density at radius 2 is 2.17 bits per heavy atom. The second-order valence-electron chi connectivity index (χ2n) is 5.24. The monoisotopic (exact) mass is 335 g/mol. The van der Waals surface area contributed by atoms with Gasteiger partial charge in [0.05, 0.1) is 12.2 Å². The number of aromatic nitrogens is 1. The van der Waals surface area contributed by atoms with Crippen LogP contribution < -0.4 is 10.0 Å². The lowest BCUT2D eigenvalue weighted by Gasteiger charge is -2.05. The molecule has 0 saturated heterocycles. The van der Waals surface area contributed by atoms with Gasteiger partial charge in [0.1, 0.15) is 0 Å². The highest BCUT2D eigenvalue weighted by Crippen LogP contribution is 2.21. The number of nitrogens with one attached hydrogen (secondary N) is 3. The number of carbonyl (C=O) groups excluding carboxylic acids is 1. The largest absolute Gasteiger partial charge is 0.361 e. The van der Waals surface area contributed by atoms with Crippen molar-refractivity contribution in [2.24, 2.45) is 0 Å². The Kier molecular flexibility index (Phi) is 5.57. The summed E-state index contributed by atoms with van der Waals surface area (Å²) in [6.45, 7) is 4.00. The smallest absolute Gasteiger partial charge is 0.224 e. The van der Waals surface area contributed by atoms with Crippen LogP contribution in [0.2, 0.25) is 0 Å². The number of hydrogen-bond donors (Lipinski definition) is 3. The van der Waals surface area contributed by atoms with Crippen molar-refractivity contribution >= 4 is 26.8 Å². The SMILES string of the molecule is C=CCNC(=O)Cc1c[nH]c2ccc(CCS(=O)(=O)NC)cc12. The maximum absolute atomic E-state index is 11.8. The van der Waals surface area contributed by atoms with E-state index in [9.17, 15) is 13.2 Å². The molecule has 0 unspecified atom stereocenters. The summed E-state index contributed by atoms with van der Waals surface area (Å²) < 4.78 is 25.3. The fourth-order valence-corrected chi connectivity index (χ4v) is 3.01. The average Bonchev–Trinajstić information content (AvgIpc) is 2.93. The molecular formula is C16H21N3O3S. The minimum absolute atomic E-state index is 0.0363. The summed E-state index contributed by atoms with van der Waals surface area (Å²) in [5.41, 5.74) is 2.74. The Morgan fingerprint density at radius 1 is 1.39 bits per heavy atom. The molecule has 0 spiro atoms. The van der Waals surface area contributed by atoms with E-state index in [0.717, 1.165) is 22.0 Å². The first kappa shape index (κ1) is 17.2. The molecule has 1 heterocycles. The molecule has 0 aliphatic heterocycles. The van der Waals surface area contributed by atoms with Crippen LogP contribution in [-0.4, -0.2) is 38.7 Å². The summed E-state index contributed by atoms with van der Waals surface area (Å²) in [5, 5.41) is 3.69. The number of H-pyrrole nitrogens is 1. The molecule has 1 aromatic heterocycles. The summed E-state index contributed by atoms with van der Waals surface area (Å²) in [5.74, 6) is -0.0387. The van der Waals surface area contributed by atoms with Crippen LogP contribution in [0.1, 0.15) is 11.1 Å². The molecule has 7 heteroatoms. The van der Waals surface area contributed by atoms with Crippen LogP contribution in [0, 0.1) is 0 Å². The molecule has 0 aliphatic carbocycles. The lowest BCUT2D eigenvalue weighted by Crippen LogP contribution is -2.24. The summed E-state index contributed by atoms with van der Waals surface area (Å²) in [6, 6.07) is 5.74. The fraction of sp³-hybridized carbons (Fsp3) is 0.312. The predicted molar refractivity (Wildman–Crippen MR) is 91.8 cm³/mol. The van der Waals surface area contributed by atoms with Crippen LogP contribution in [0.4, 0.5) is 0 Å². The summed E-state index contributed by atoms with van der Waals surface area (Å²) >= 11 is 0. The highest BCUT2D eigenvalue weighted by molar-refractivity contribution is 7.89. The van der Waals surface area contributed by atoms with Crippen molar-refractivity contribution in [2.45, 2.75) is 12.8 Å². The van der Waals surface area contributed by atoms with E-state index in [1.54, 1.807) is 6.08 Å². The van der Waals surface area contributed by atoms with E-state index in [1.807, 2.05) is 24.4 Å². The van der Waals surface area contributed by atoms with E-state index in [4.69, 9.17) is 0 Å². The van der Waals surface area contributed by atoms with Crippen LogP contribution in [0.15, 0.2) is 37.1 Å². The molecule has 2 aromatic rings. The summed E-state index contributed by atoms with van der Waals surface area (Å²) in [4.78, 5) is 15.0. The highest BCUT2D eigenvalue weighted by Gasteiger charge is 2.11. The minimum Gasteiger partial charge on any atom is -0.361 e. The van der Waals surface area contributed by atoms with E-state index in [1.165, 1.54) is 7.05 Å². The Hall–Kier alpha value is -2.12. The van der Waals surface area contributed by atoms with Gasteiger partial charge in [-0.05, 0) is 36.7 Å². The molecule has 3 N–H and O–H groups in total. The van der Waals surface area contributed by atoms with Gasteiger partial charge < -0.3 is 10.3 Å². The van der Waals surface area contributed by atoms with Gasteiger partial charge in [0.15, 0.2) is 0 Å². The second-order valence-corrected chi connectivity index (χ2v) is 7.28. The standard InChI is InChI=1S/C16H21N3O3S/c1-3-7-18-16(20)10-13-11-19-15-5-4-12(9-14(13)15)6-8-23(21,22)17-2/h3-5,9,11,17,19H,1,6-8,10H2,2H3,(H,18,20). The van der Waals surface area contributed by atoms with Crippen molar-refractivity contribution in [1.29, 1.82) is 0 Å². The molecule has 6 nitrogen and oxygen atoms in total. The van der Waals surface area contributed by atoms with Gasteiger partial charge in [0.25, 0.3) is 0 Å². The quantitative estimate of drug-likeness (QED) is 0.631. The molecule has 1 aromatic carbocycles. The zero-order valence-electron chi connectivity index (χ0n) is 13.1. The molecule has 0 atom stereocenters. The molecule has 0 saturated carbocycles. The number of carbonyl (C=O) groups is 1. The van der Waals surface area contributed by atoms with Crippen molar-refractivity contribution in [3.63, 3.8) is 0 Å². The normalized spacial score (nSPS) is 11.5. The molecule has 1 amide bonds. The number of amides is 1. The number of aromatic amines is 1. The zero-order valence-corrected chi connectivity index (χ0v) is 13.9. The van der Waals surface area contributed by atoms with E-state index in [2.05, 4.69) is 21.6 Å². The molecule has 0 aliphatic rings. The minimum atomic E-state index is -3.23.